The molecule has 1 aliphatic carbocycles. The first-order valence-electron chi connectivity index (χ1n) is 5.44. The first-order chi connectivity index (χ1) is 6.97. The van der Waals surface area contributed by atoms with Gasteiger partial charge in [-0.3, -0.25) is 0 Å². The van der Waals surface area contributed by atoms with Gasteiger partial charge >= 0.3 is 0 Å². The van der Waals surface area contributed by atoms with E-state index in [0.717, 1.165) is 23.2 Å². The molecule has 0 N–H and O–H groups in total. The first kappa shape index (κ1) is 11.3. The van der Waals surface area contributed by atoms with Crippen LogP contribution in [-0.2, 0) is 11.8 Å². The van der Waals surface area contributed by atoms with Crippen molar-refractivity contribution < 1.29 is 0 Å². The minimum Gasteiger partial charge on any atom is -0.224 e. The lowest BCUT2D eigenvalue weighted by molar-refractivity contribution is 0.552. The zero-order chi connectivity index (χ0) is 11.1. The summed E-state index contributed by atoms with van der Waals surface area (Å²) in [5.41, 5.74) is 0.0517. The molecule has 0 aromatic carbocycles. The highest BCUT2D eigenvalue weighted by Gasteiger charge is 2.30. The maximum Gasteiger partial charge on any atom is 0.147 e. The molecule has 0 saturated heterocycles. The van der Waals surface area contributed by atoms with Crippen LogP contribution in [-0.4, -0.2) is 14.7 Å². The highest BCUT2D eigenvalue weighted by atomic mass is 35.5. The molecule has 4 heteroatoms. The number of rotatable bonds is 3. The standard InChI is InChI=1S/C11H17ClN2S/c1-11(2,3)10-13-9(15-14-10)6-8(12)7-4-5-7/h7-8H,4-6H2,1-3H3. The van der Waals surface area contributed by atoms with Crippen molar-refractivity contribution in [3.63, 3.8) is 0 Å². The number of hydrogen-bond donors (Lipinski definition) is 0. The van der Waals surface area contributed by atoms with Crippen molar-refractivity contribution in [2.45, 2.75) is 50.8 Å². The second-order valence-corrected chi connectivity index (χ2v) is 6.72. The Morgan fingerprint density at radius 2 is 2.13 bits per heavy atom. The molecule has 1 saturated carbocycles. The third kappa shape index (κ3) is 2.91. The molecule has 15 heavy (non-hydrogen) atoms. The Labute approximate surface area is 100 Å². The molecular weight excluding hydrogens is 228 g/mol. The summed E-state index contributed by atoms with van der Waals surface area (Å²) in [5, 5.41) is 1.36. The van der Waals surface area contributed by atoms with E-state index >= 15 is 0 Å². The molecule has 0 amide bonds. The van der Waals surface area contributed by atoms with Gasteiger partial charge in [0.15, 0.2) is 0 Å². The van der Waals surface area contributed by atoms with Gasteiger partial charge in [-0.1, -0.05) is 20.8 Å². The maximum absolute atomic E-state index is 6.28. The van der Waals surface area contributed by atoms with Gasteiger partial charge in [-0.25, -0.2) is 4.98 Å². The molecule has 1 atom stereocenters. The van der Waals surface area contributed by atoms with Crippen LogP contribution >= 0.6 is 23.1 Å². The average Bonchev–Trinajstić information content (AvgIpc) is 2.86. The minimum atomic E-state index is 0.0517. The Kier molecular flexibility index (Phi) is 3.04. The zero-order valence-corrected chi connectivity index (χ0v) is 11.0. The van der Waals surface area contributed by atoms with Crippen molar-refractivity contribution in [1.82, 2.24) is 9.36 Å². The summed E-state index contributed by atoms with van der Waals surface area (Å²) >= 11 is 7.78. The molecule has 1 aromatic heterocycles. The number of aromatic nitrogens is 2. The molecule has 1 fully saturated rings. The summed E-state index contributed by atoms with van der Waals surface area (Å²) in [6.07, 6.45) is 3.47. The van der Waals surface area contributed by atoms with Crippen molar-refractivity contribution in [1.29, 1.82) is 0 Å². The smallest absolute Gasteiger partial charge is 0.147 e. The van der Waals surface area contributed by atoms with Crippen molar-refractivity contribution in [2.24, 2.45) is 5.92 Å². The van der Waals surface area contributed by atoms with Gasteiger partial charge in [-0.2, -0.15) is 4.37 Å². The van der Waals surface area contributed by atoms with Crippen molar-refractivity contribution in [3.8, 4) is 0 Å². The molecule has 0 spiro atoms. The molecule has 2 rings (SSSR count). The fourth-order valence-electron chi connectivity index (χ4n) is 1.43. The Bertz CT molecular complexity index is 339. The molecule has 1 aromatic rings. The topological polar surface area (TPSA) is 25.8 Å². The molecule has 0 bridgehead atoms. The van der Waals surface area contributed by atoms with E-state index in [2.05, 4.69) is 30.1 Å². The van der Waals surface area contributed by atoms with E-state index in [-0.39, 0.29) is 10.8 Å². The molecule has 84 valence electrons. The van der Waals surface area contributed by atoms with Crippen molar-refractivity contribution in [3.05, 3.63) is 10.8 Å². The summed E-state index contributed by atoms with van der Waals surface area (Å²) in [5.74, 6) is 1.68. The number of halogens is 1. The average molecular weight is 245 g/mol. The lowest BCUT2D eigenvalue weighted by Crippen LogP contribution is -2.13. The Hall–Kier alpha value is -0.150. The quantitative estimate of drug-likeness (QED) is 0.762. The summed E-state index contributed by atoms with van der Waals surface area (Å²) in [6, 6.07) is 0. The molecule has 2 nitrogen and oxygen atoms in total. The van der Waals surface area contributed by atoms with Gasteiger partial charge in [0.1, 0.15) is 10.8 Å². The number of alkyl halides is 1. The van der Waals surface area contributed by atoms with E-state index < -0.39 is 0 Å². The lowest BCUT2D eigenvalue weighted by atomic mass is 9.96. The number of nitrogens with zero attached hydrogens (tertiary/aromatic N) is 2. The first-order valence-corrected chi connectivity index (χ1v) is 6.65. The second kappa shape index (κ2) is 4.02. The molecular formula is C11H17ClN2S. The van der Waals surface area contributed by atoms with Crippen molar-refractivity contribution >= 4 is 23.1 Å². The Morgan fingerprint density at radius 1 is 1.47 bits per heavy atom. The highest BCUT2D eigenvalue weighted by Crippen LogP contribution is 2.37. The molecule has 0 radical (unpaired) electrons. The molecule has 1 unspecified atom stereocenters. The van der Waals surface area contributed by atoms with Gasteiger partial charge in [0.25, 0.3) is 0 Å². The van der Waals surface area contributed by atoms with E-state index in [1.165, 1.54) is 24.4 Å². The molecule has 1 aliphatic rings. The van der Waals surface area contributed by atoms with Crippen LogP contribution in [0.25, 0.3) is 0 Å². The van der Waals surface area contributed by atoms with Crippen LogP contribution in [0.3, 0.4) is 0 Å². The SMILES string of the molecule is CC(C)(C)c1nsc(CC(Cl)C2CC2)n1. The predicted octanol–water partition coefficient (Wildman–Crippen LogP) is 3.40. The fraction of sp³-hybridized carbons (Fsp3) is 0.818. The maximum atomic E-state index is 6.28. The minimum absolute atomic E-state index is 0.0517. The summed E-state index contributed by atoms with van der Waals surface area (Å²) in [7, 11) is 0. The van der Waals surface area contributed by atoms with Crippen LogP contribution in [0.4, 0.5) is 0 Å². The van der Waals surface area contributed by atoms with Gasteiger partial charge in [0, 0.05) is 17.2 Å². The third-order valence-corrected chi connectivity index (χ3v) is 3.89. The van der Waals surface area contributed by atoms with Gasteiger partial charge in [-0.05, 0) is 30.3 Å². The van der Waals surface area contributed by atoms with E-state index in [1.54, 1.807) is 0 Å². The molecule has 1 heterocycles. The van der Waals surface area contributed by atoms with Gasteiger partial charge < -0.3 is 0 Å². The summed E-state index contributed by atoms with van der Waals surface area (Å²) in [6.45, 7) is 6.41. The Balaban J connectivity index is 2.00. The summed E-state index contributed by atoms with van der Waals surface area (Å²) < 4.78 is 4.39. The van der Waals surface area contributed by atoms with Crippen LogP contribution in [0.15, 0.2) is 0 Å². The van der Waals surface area contributed by atoms with Gasteiger partial charge in [-0.15, -0.1) is 11.6 Å². The lowest BCUT2D eigenvalue weighted by Gasteiger charge is -2.12. The zero-order valence-electron chi connectivity index (χ0n) is 9.46. The second-order valence-electron chi connectivity index (χ2n) is 5.32. The van der Waals surface area contributed by atoms with Gasteiger partial charge in [0.05, 0.1) is 0 Å². The highest BCUT2D eigenvalue weighted by molar-refractivity contribution is 7.05. The fourth-order valence-corrected chi connectivity index (χ4v) is 2.81. The monoisotopic (exact) mass is 244 g/mol. The number of hydrogen-bond acceptors (Lipinski definition) is 3. The van der Waals surface area contributed by atoms with E-state index in [9.17, 15) is 0 Å². The van der Waals surface area contributed by atoms with Crippen LogP contribution < -0.4 is 0 Å². The van der Waals surface area contributed by atoms with Crippen molar-refractivity contribution in [2.75, 3.05) is 0 Å². The van der Waals surface area contributed by atoms with Crippen LogP contribution in [0.1, 0.15) is 44.4 Å². The summed E-state index contributed by atoms with van der Waals surface area (Å²) in [4.78, 5) is 4.55. The molecule has 0 aliphatic heterocycles. The van der Waals surface area contributed by atoms with Crippen LogP contribution in [0.5, 0.6) is 0 Å². The van der Waals surface area contributed by atoms with E-state index in [4.69, 9.17) is 11.6 Å². The largest absolute Gasteiger partial charge is 0.224 e. The Morgan fingerprint density at radius 3 is 2.60 bits per heavy atom. The van der Waals surface area contributed by atoms with E-state index in [1.807, 2.05) is 0 Å². The van der Waals surface area contributed by atoms with Gasteiger partial charge in [0.2, 0.25) is 0 Å². The van der Waals surface area contributed by atoms with Crippen LogP contribution in [0, 0.1) is 5.92 Å². The van der Waals surface area contributed by atoms with Crippen LogP contribution in [0.2, 0.25) is 0 Å². The third-order valence-electron chi connectivity index (χ3n) is 2.64. The predicted molar refractivity (Wildman–Crippen MR) is 64.7 cm³/mol. The normalized spacial score (nSPS) is 19.2. The van der Waals surface area contributed by atoms with E-state index in [0.29, 0.717) is 0 Å².